The van der Waals surface area contributed by atoms with Crippen LogP contribution in [-0.2, 0) is 16.0 Å². The average Bonchev–Trinajstić information content (AvgIpc) is 2.60. The second-order valence-corrected chi connectivity index (χ2v) is 7.36. The van der Waals surface area contributed by atoms with E-state index >= 15 is 0 Å². The van der Waals surface area contributed by atoms with E-state index in [-0.39, 0.29) is 18.1 Å². The van der Waals surface area contributed by atoms with Crippen molar-refractivity contribution in [1.29, 1.82) is 0 Å². The Morgan fingerprint density at radius 2 is 2.25 bits per heavy atom. The monoisotopic (exact) mass is 331 g/mol. The molecule has 0 aliphatic carbocycles. The lowest BCUT2D eigenvalue weighted by Gasteiger charge is -2.49. The van der Waals surface area contributed by atoms with Gasteiger partial charge in [0.15, 0.2) is 0 Å². The van der Waals surface area contributed by atoms with Gasteiger partial charge in [-0.3, -0.25) is 14.7 Å². The third-order valence-corrected chi connectivity index (χ3v) is 5.48. The standard InChI is InChI=1S/C19H29N3O2/c1-14(2)21(3)17-13-22(12-15-7-6-10-24-19(15)17)18(23)11-16-8-4-5-9-20-16/h4-5,8-9,14-15,17,19H,6-7,10-13H2,1-3H3/t15-,17+,19-/m1/s1. The molecular formula is C19H29N3O2. The van der Waals surface area contributed by atoms with Crippen LogP contribution in [0.3, 0.4) is 0 Å². The van der Waals surface area contributed by atoms with Gasteiger partial charge in [-0.15, -0.1) is 0 Å². The first-order chi connectivity index (χ1) is 11.6. The summed E-state index contributed by atoms with van der Waals surface area (Å²) < 4.78 is 6.12. The Morgan fingerprint density at radius 3 is 2.96 bits per heavy atom. The van der Waals surface area contributed by atoms with Gasteiger partial charge in [0.2, 0.25) is 5.91 Å². The fourth-order valence-corrected chi connectivity index (χ4v) is 3.89. The quantitative estimate of drug-likeness (QED) is 0.846. The zero-order valence-electron chi connectivity index (χ0n) is 15.0. The van der Waals surface area contributed by atoms with E-state index in [0.29, 0.717) is 18.4 Å². The van der Waals surface area contributed by atoms with Gasteiger partial charge in [-0.2, -0.15) is 0 Å². The fraction of sp³-hybridized carbons (Fsp3) is 0.684. The second-order valence-electron chi connectivity index (χ2n) is 7.36. The molecule has 0 saturated carbocycles. The number of likely N-dealkylation sites (N-methyl/N-ethyl adjacent to an activating group) is 1. The van der Waals surface area contributed by atoms with Crippen LogP contribution >= 0.6 is 0 Å². The van der Waals surface area contributed by atoms with Gasteiger partial charge in [0, 0.05) is 43.5 Å². The Morgan fingerprint density at radius 1 is 1.42 bits per heavy atom. The molecule has 3 heterocycles. The maximum atomic E-state index is 12.8. The average molecular weight is 331 g/mol. The number of hydrogen-bond acceptors (Lipinski definition) is 4. The number of amides is 1. The topological polar surface area (TPSA) is 45.7 Å². The second kappa shape index (κ2) is 7.62. The summed E-state index contributed by atoms with van der Waals surface area (Å²) in [5.41, 5.74) is 0.846. The first-order valence-corrected chi connectivity index (χ1v) is 9.07. The smallest absolute Gasteiger partial charge is 0.228 e. The molecule has 24 heavy (non-hydrogen) atoms. The van der Waals surface area contributed by atoms with Crippen LogP contribution in [0.5, 0.6) is 0 Å². The highest BCUT2D eigenvalue weighted by molar-refractivity contribution is 5.78. The van der Waals surface area contributed by atoms with E-state index in [4.69, 9.17) is 4.74 Å². The normalized spacial score (nSPS) is 27.4. The summed E-state index contributed by atoms with van der Waals surface area (Å²) in [6.45, 7) is 6.82. The van der Waals surface area contributed by atoms with Crippen molar-refractivity contribution in [3.63, 3.8) is 0 Å². The summed E-state index contributed by atoms with van der Waals surface area (Å²) >= 11 is 0. The number of aromatic nitrogens is 1. The summed E-state index contributed by atoms with van der Waals surface area (Å²) in [6.07, 6.45) is 4.64. The number of nitrogens with zero attached hydrogens (tertiary/aromatic N) is 3. The molecule has 2 aliphatic rings. The lowest BCUT2D eigenvalue weighted by Crippen LogP contribution is -2.62. The molecule has 5 nitrogen and oxygen atoms in total. The molecule has 0 N–H and O–H groups in total. The van der Waals surface area contributed by atoms with E-state index in [0.717, 1.165) is 38.2 Å². The number of pyridine rings is 1. The molecule has 0 aromatic carbocycles. The minimum Gasteiger partial charge on any atom is -0.376 e. The molecule has 0 unspecified atom stereocenters. The molecule has 132 valence electrons. The zero-order valence-corrected chi connectivity index (χ0v) is 15.0. The lowest BCUT2D eigenvalue weighted by molar-refractivity contribution is -0.147. The highest BCUT2D eigenvalue weighted by Gasteiger charge is 2.42. The van der Waals surface area contributed by atoms with Crippen LogP contribution in [0.1, 0.15) is 32.4 Å². The predicted octanol–water partition coefficient (Wildman–Crippen LogP) is 1.97. The molecule has 2 aliphatic heterocycles. The molecule has 1 amide bonds. The molecule has 1 aromatic heterocycles. The van der Waals surface area contributed by atoms with Gasteiger partial charge in [0.1, 0.15) is 0 Å². The molecule has 5 heteroatoms. The van der Waals surface area contributed by atoms with E-state index < -0.39 is 0 Å². The largest absolute Gasteiger partial charge is 0.376 e. The van der Waals surface area contributed by atoms with E-state index in [2.05, 4.69) is 30.8 Å². The van der Waals surface area contributed by atoms with Crippen molar-refractivity contribution in [3.8, 4) is 0 Å². The molecule has 3 atom stereocenters. The molecule has 0 bridgehead atoms. The lowest BCUT2D eigenvalue weighted by atomic mass is 9.84. The molecular weight excluding hydrogens is 302 g/mol. The van der Waals surface area contributed by atoms with Crippen molar-refractivity contribution in [3.05, 3.63) is 30.1 Å². The van der Waals surface area contributed by atoms with Gasteiger partial charge in [0.05, 0.1) is 18.6 Å². The zero-order chi connectivity index (χ0) is 17.1. The summed E-state index contributed by atoms with van der Waals surface area (Å²) in [4.78, 5) is 21.5. The van der Waals surface area contributed by atoms with Crippen molar-refractivity contribution >= 4 is 5.91 Å². The van der Waals surface area contributed by atoms with E-state index in [1.165, 1.54) is 0 Å². The van der Waals surface area contributed by atoms with Crippen molar-refractivity contribution in [2.75, 3.05) is 26.7 Å². The number of hydrogen-bond donors (Lipinski definition) is 0. The Hall–Kier alpha value is -1.46. The third kappa shape index (κ3) is 3.78. The highest BCUT2D eigenvalue weighted by atomic mass is 16.5. The fourth-order valence-electron chi connectivity index (χ4n) is 3.89. The molecule has 2 saturated heterocycles. The summed E-state index contributed by atoms with van der Waals surface area (Å²) in [5, 5.41) is 0. The van der Waals surface area contributed by atoms with Gasteiger partial charge in [-0.1, -0.05) is 6.07 Å². The number of ether oxygens (including phenoxy) is 1. The van der Waals surface area contributed by atoms with Gasteiger partial charge >= 0.3 is 0 Å². The van der Waals surface area contributed by atoms with Crippen LogP contribution in [0.2, 0.25) is 0 Å². The van der Waals surface area contributed by atoms with Gasteiger partial charge < -0.3 is 9.64 Å². The minimum absolute atomic E-state index is 0.180. The number of piperidine rings is 1. The number of rotatable bonds is 4. The van der Waals surface area contributed by atoms with E-state index in [1.54, 1.807) is 6.20 Å². The summed E-state index contributed by atoms with van der Waals surface area (Å²) in [7, 11) is 2.15. The number of fused-ring (bicyclic) bond motifs is 1. The molecule has 1 aromatic rings. The third-order valence-electron chi connectivity index (χ3n) is 5.48. The van der Waals surface area contributed by atoms with E-state index in [9.17, 15) is 4.79 Å². The highest BCUT2D eigenvalue weighted by Crippen LogP contribution is 2.31. The van der Waals surface area contributed by atoms with Crippen molar-refractivity contribution in [2.24, 2.45) is 5.92 Å². The molecule has 2 fully saturated rings. The molecule has 0 spiro atoms. The van der Waals surface area contributed by atoms with Crippen LogP contribution in [0.4, 0.5) is 0 Å². The number of likely N-dealkylation sites (tertiary alicyclic amines) is 1. The number of carbonyl (C=O) groups is 1. The minimum atomic E-state index is 0.180. The Kier molecular flexibility index (Phi) is 5.51. The first kappa shape index (κ1) is 17.4. The Labute approximate surface area is 145 Å². The van der Waals surface area contributed by atoms with Gasteiger partial charge in [-0.25, -0.2) is 0 Å². The summed E-state index contributed by atoms with van der Waals surface area (Å²) in [5.74, 6) is 0.631. The Bertz CT molecular complexity index is 549. The van der Waals surface area contributed by atoms with Crippen LogP contribution in [0, 0.1) is 5.92 Å². The number of carbonyl (C=O) groups excluding carboxylic acids is 1. The maximum Gasteiger partial charge on any atom is 0.228 e. The molecule has 0 radical (unpaired) electrons. The molecule has 3 rings (SSSR count). The van der Waals surface area contributed by atoms with Crippen LogP contribution in [0.15, 0.2) is 24.4 Å². The Balaban J connectivity index is 1.73. The van der Waals surface area contributed by atoms with Crippen LogP contribution < -0.4 is 0 Å². The van der Waals surface area contributed by atoms with Crippen LogP contribution in [-0.4, -0.2) is 65.6 Å². The van der Waals surface area contributed by atoms with Crippen molar-refractivity contribution in [1.82, 2.24) is 14.8 Å². The van der Waals surface area contributed by atoms with Crippen LogP contribution in [0.25, 0.3) is 0 Å². The maximum absolute atomic E-state index is 12.8. The summed E-state index contributed by atoms with van der Waals surface area (Å²) in [6, 6.07) is 6.45. The van der Waals surface area contributed by atoms with Gasteiger partial charge in [-0.05, 0) is 45.9 Å². The van der Waals surface area contributed by atoms with E-state index in [1.807, 2.05) is 23.1 Å². The first-order valence-electron chi connectivity index (χ1n) is 9.07. The van der Waals surface area contributed by atoms with Gasteiger partial charge in [0.25, 0.3) is 0 Å². The SMILES string of the molecule is CC(C)N(C)[C@H]1CN(C(=O)Cc2ccccn2)C[C@H]2CCCO[C@H]21. The van der Waals surface area contributed by atoms with Crippen molar-refractivity contribution in [2.45, 2.75) is 51.3 Å². The predicted molar refractivity (Wildman–Crippen MR) is 93.7 cm³/mol. The van der Waals surface area contributed by atoms with Crippen molar-refractivity contribution < 1.29 is 9.53 Å².